The molecule has 2 aromatic carbocycles. The number of aromatic nitrogens is 1. The fraction of sp³-hybridized carbons (Fsp3) is 0. The van der Waals surface area contributed by atoms with Gasteiger partial charge in [0.2, 0.25) is 5.13 Å². The van der Waals surface area contributed by atoms with E-state index in [1.807, 2.05) is 35.7 Å². The largest absolute Gasteiger partial charge is 0.253 e. The average molecular weight is 378 g/mol. The van der Waals surface area contributed by atoms with Crippen molar-refractivity contribution < 1.29 is 4.39 Å². The molecule has 0 saturated heterocycles. The van der Waals surface area contributed by atoms with Gasteiger partial charge >= 0.3 is 0 Å². The highest BCUT2D eigenvalue weighted by molar-refractivity contribution is 8.93. The Labute approximate surface area is 142 Å². The second-order valence-corrected chi connectivity index (χ2v) is 5.18. The van der Waals surface area contributed by atoms with Crippen molar-refractivity contribution in [2.75, 3.05) is 5.43 Å². The molecule has 0 bridgehead atoms. The highest BCUT2D eigenvalue weighted by Gasteiger charge is 2.02. The van der Waals surface area contributed by atoms with E-state index < -0.39 is 0 Å². The summed E-state index contributed by atoms with van der Waals surface area (Å²) in [5, 5.41) is 6.79. The number of hydrogen-bond acceptors (Lipinski definition) is 4. The van der Waals surface area contributed by atoms with Crippen LogP contribution in [0.3, 0.4) is 0 Å². The van der Waals surface area contributed by atoms with Crippen LogP contribution in [0, 0.1) is 5.82 Å². The minimum atomic E-state index is -0.257. The highest BCUT2D eigenvalue weighted by Crippen LogP contribution is 2.24. The molecule has 3 nitrogen and oxygen atoms in total. The molecule has 3 rings (SSSR count). The van der Waals surface area contributed by atoms with Crippen molar-refractivity contribution in [3.8, 4) is 11.3 Å². The summed E-state index contributed by atoms with van der Waals surface area (Å²) in [4.78, 5) is 4.46. The quantitative estimate of drug-likeness (QED) is 0.514. The summed E-state index contributed by atoms with van der Waals surface area (Å²) in [5.74, 6) is -0.257. The summed E-state index contributed by atoms with van der Waals surface area (Å²) in [6, 6.07) is 16.1. The molecule has 0 aliphatic rings. The fourth-order valence-electron chi connectivity index (χ4n) is 1.78. The fourth-order valence-corrected chi connectivity index (χ4v) is 2.45. The molecular weight excluding hydrogens is 365 g/mol. The highest BCUT2D eigenvalue weighted by atomic mass is 79.9. The summed E-state index contributed by atoms with van der Waals surface area (Å²) >= 11 is 1.49. The van der Waals surface area contributed by atoms with Crippen LogP contribution < -0.4 is 5.43 Å². The van der Waals surface area contributed by atoms with Crippen molar-refractivity contribution in [1.82, 2.24) is 4.98 Å². The minimum Gasteiger partial charge on any atom is -0.253 e. The Morgan fingerprint density at radius 1 is 1.05 bits per heavy atom. The summed E-state index contributed by atoms with van der Waals surface area (Å²) in [7, 11) is 0. The van der Waals surface area contributed by atoms with E-state index >= 15 is 0 Å². The van der Waals surface area contributed by atoms with Crippen molar-refractivity contribution in [2.24, 2.45) is 5.10 Å². The van der Waals surface area contributed by atoms with Gasteiger partial charge in [0.1, 0.15) is 5.82 Å². The third kappa shape index (κ3) is 4.22. The van der Waals surface area contributed by atoms with E-state index in [4.69, 9.17) is 0 Å². The van der Waals surface area contributed by atoms with E-state index in [9.17, 15) is 4.39 Å². The lowest BCUT2D eigenvalue weighted by Crippen LogP contribution is -1.90. The van der Waals surface area contributed by atoms with Crippen molar-refractivity contribution >= 4 is 39.7 Å². The molecule has 0 aliphatic carbocycles. The van der Waals surface area contributed by atoms with Gasteiger partial charge < -0.3 is 0 Å². The van der Waals surface area contributed by atoms with Gasteiger partial charge in [0, 0.05) is 10.9 Å². The van der Waals surface area contributed by atoms with Gasteiger partial charge in [0.15, 0.2) is 0 Å². The molecule has 0 atom stereocenters. The van der Waals surface area contributed by atoms with Gasteiger partial charge in [-0.05, 0) is 17.7 Å². The SMILES string of the molecule is Br.Fc1ccc(/C=N/Nc2nc(-c3ccccc3)cs2)cc1. The zero-order valence-electron chi connectivity index (χ0n) is 11.4. The normalized spacial score (nSPS) is 10.4. The molecule has 1 N–H and O–H groups in total. The Morgan fingerprint density at radius 2 is 1.77 bits per heavy atom. The summed E-state index contributed by atoms with van der Waals surface area (Å²) < 4.78 is 12.8. The molecule has 0 spiro atoms. The molecule has 0 fully saturated rings. The summed E-state index contributed by atoms with van der Waals surface area (Å²) in [5.41, 5.74) is 5.69. The Balaban J connectivity index is 0.00000176. The van der Waals surface area contributed by atoms with Crippen molar-refractivity contribution in [3.63, 3.8) is 0 Å². The Bertz CT molecular complexity index is 742. The molecular formula is C16H13BrFN3S. The molecule has 22 heavy (non-hydrogen) atoms. The minimum absolute atomic E-state index is 0. The number of hydrazone groups is 1. The van der Waals surface area contributed by atoms with Crippen LogP contribution in [0.1, 0.15) is 5.56 Å². The van der Waals surface area contributed by atoms with E-state index in [0.717, 1.165) is 16.8 Å². The number of benzene rings is 2. The molecule has 0 amide bonds. The number of nitrogens with zero attached hydrogens (tertiary/aromatic N) is 2. The first-order chi connectivity index (χ1) is 10.3. The van der Waals surface area contributed by atoms with Crippen LogP contribution >= 0.6 is 28.3 Å². The Hall–Kier alpha value is -2.05. The predicted molar refractivity (Wildman–Crippen MR) is 95.5 cm³/mol. The monoisotopic (exact) mass is 377 g/mol. The zero-order chi connectivity index (χ0) is 14.5. The third-order valence-electron chi connectivity index (χ3n) is 2.82. The number of anilines is 1. The molecule has 6 heteroatoms. The van der Waals surface area contributed by atoms with Crippen molar-refractivity contribution in [3.05, 3.63) is 71.4 Å². The van der Waals surface area contributed by atoms with Crippen molar-refractivity contribution in [1.29, 1.82) is 0 Å². The van der Waals surface area contributed by atoms with Crippen LogP contribution in [0.4, 0.5) is 9.52 Å². The van der Waals surface area contributed by atoms with Gasteiger partial charge in [-0.25, -0.2) is 9.37 Å². The maximum absolute atomic E-state index is 12.8. The summed E-state index contributed by atoms with van der Waals surface area (Å²) in [6.45, 7) is 0. The predicted octanol–water partition coefficient (Wildman–Crippen LogP) is 4.97. The van der Waals surface area contributed by atoms with Gasteiger partial charge in [-0.15, -0.1) is 28.3 Å². The third-order valence-corrected chi connectivity index (χ3v) is 3.56. The van der Waals surface area contributed by atoms with E-state index in [0.29, 0.717) is 5.13 Å². The van der Waals surface area contributed by atoms with Gasteiger partial charge in [-0.1, -0.05) is 42.5 Å². The molecule has 0 aliphatic heterocycles. The van der Waals surface area contributed by atoms with Crippen molar-refractivity contribution in [2.45, 2.75) is 0 Å². The standard InChI is InChI=1S/C16H12FN3S.BrH/c17-14-8-6-12(7-9-14)10-18-20-16-19-15(11-21-16)13-4-2-1-3-5-13;/h1-11H,(H,19,20);1H/b18-10+;. The lowest BCUT2D eigenvalue weighted by atomic mass is 10.2. The maximum Gasteiger partial charge on any atom is 0.203 e. The first-order valence-corrected chi connectivity index (χ1v) is 7.25. The first-order valence-electron chi connectivity index (χ1n) is 6.37. The summed E-state index contributed by atoms with van der Waals surface area (Å²) in [6.07, 6.45) is 1.63. The molecule has 3 aromatic rings. The number of halogens is 2. The smallest absolute Gasteiger partial charge is 0.203 e. The van der Waals surface area contributed by atoms with Crippen LogP contribution in [0.25, 0.3) is 11.3 Å². The van der Waals surface area contributed by atoms with Gasteiger partial charge in [-0.2, -0.15) is 5.10 Å². The van der Waals surface area contributed by atoms with Gasteiger partial charge in [0.05, 0.1) is 11.9 Å². The van der Waals surface area contributed by atoms with E-state index in [1.54, 1.807) is 18.3 Å². The van der Waals surface area contributed by atoms with Crippen LogP contribution in [0.15, 0.2) is 65.1 Å². The molecule has 0 saturated carbocycles. The topological polar surface area (TPSA) is 37.3 Å². The van der Waals surface area contributed by atoms with Crippen LogP contribution in [-0.4, -0.2) is 11.2 Å². The van der Waals surface area contributed by atoms with Crippen LogP contribution in [0.2, 0.25) is 0 Å². The Kier molecular flexibility index (Phi) is 5.80. The lowest BCUT2D eigenvalue weighted by molar-refractivity contribution is 0.628. The van der Waals surface area contributed by atoms with Gasteiger partial charge in [-0.3, -0.25) is 5.43 Å². The number of rotatable bonds is 4. The zero-order valence-corrected chi connectivity index (χ0v) is 14.0. The number of thiazole rings is 1. The molecule has 0 unspecified atom stereocenters. The number of hydrogen-bond donors (Lipinski definition) is 1. The Morgan fingerprint density at radius 3 is 2.50 bits per heavy atom. The maximum atomic E-state index is 12.8. The second kappa shape index (κ2) is 7.82. The molecule has 0 radical (unpaired) electrons. The molecule has 1 aromatic heterocycles. The molecule has 1 heterocycles. The first kappa shape index (κ1) is 16.3. The van der Waals surface area contributed by atoms with E-state index in [1.165, 1.54) is 23.5 Å². The molecule has 112 valence electrons. The number of nitrogens with one attached hydrogen (secondary N) is 1. The average Bonchev–Trinajstić information content (AvgIpc) is 2.99. The van der Waals surface area contributed by atoms with Crippen LogP contribution in [0.5, 0.6) is 0 Å². The van der Waals surface area contributed by atoms with Crippen LogP contribution in [-0.2, 0) is 0 Å². The van der Waals surface area contributed by atoms with Gasteiger partial charge in [0.25, 0.3) is 0 Å². The van der Waals surface area contributed by atoms with E-state index in [-0.39, 0.29) is 22.8 Å². The second-order valence-electron chi connectivity index (χ2n) is 4.33. The lowest BCUT2D eigenvalue weighted by Gasteiger charge is -1.95. The van der Waals surface area contributed by atoms with E-state index in [2.05, 4.69) is 15.5 Å².